The molecule has 4 aromatic rings. The Kier molecular flexibility index (Phi) is 8.53. The second kappa shape index (κ2) is 12.9. The minimum absolute atomic E-state index is 0.113. The summed E-state index contributed by atoms with van der Waals surface area (Å²) in [5.74, 6) is -0.416. The molecule has 0 unspecified atom stereocenters. The Morgan fingerprint density at radius 2 is 1.96 bits per heavy atom. The van der Waals surface area contributed by atoms with Crippen LogP contribution in [0.25, 0.3) is 10.9 Å². The molecule has 2 atom stereocenters. The molecule has 1 aliphatic carbocycles. The zero-order chi connectivity index (χ0) is 30.9. The zero-order valence-corrected chi connectivity index (χ0v) is 25.8. The van der Waals surface area contributed by atoms with Crippen molar-refractivity contribution in [2.24, 2.45) is 0 Å². The average molecular weight is 613 g/mol. The van der Waals surface area contributed by atoms with Crippen molar-refractivity contribution in [3.8, 4) is 0 Å². The predicted octanol–water partition coefficient (Wildman–Crippen LogP) is 4.44. The van der Waals surface area contributed by atoms with Gasteiger partial charge in [-0.2, -0.15) is 0 Å². The van der Waals surface area contributed by atoms with Gasteiger partial charge < -0.3 is 24.2 Å². The van der Waals surface area contributed by atoms with Crippen molar-refractivity contribution in [2.75, 3.05) is 49.2 Å². The van der Waals surface area contributed by atoms with Crippen molar-refractivity contribution < 1.29 is 14.2 Å². The first-order chi connectivity index (χ1) is 22.0. The van der Waals surface area contributed by atoms with Crippen LogP contribution < -0.4 is 15.2 Å². The van der Waals surface area contributed by atoms with E-state index in [9.17, 15) is 9.90 Å². The largest absolute Gasteiger partial charge is 0.394 e. The maximum atomic E-state index is 15.8. The van der Waals surface area contributed by atoms with Gasteiger partial charge in [0.15, 0.2) is 5.43 Å². The van der Waals surface area contributed by atoms with Crippen LogP contribution in [-0.4, -0.2) is 76.1 Å². The van der Waals surface area contributed by atoms with E-state index in [0.29, 0.717) is 55.5 Å². The van der Waals surface area contributed by atoms with E-state index in [0.717, 1.165) is 61.2 Å². The maximum Gasteiger partial charge on any atom is 0.193 e. The van der Waals surface area contributed by atoms with Crippen LogP contribution in [0, 0.1) is 12.7 Å². The molecule has 1 N–H and O–H groups in total. The van der Waals surface area contributed by atoms with Gasteiger partial charge >= 0.3 is 0 Å². The number of aryl methyl sites for hydroxylation is 1. The lowest BCUT2D eigenvalue weighted by molar-refractivity contribution is 0.00341. The van der Waals surface area contributed by atoms with E-state index >= 15 is 4.39 Å². The molecule has 0 amide bonds. The third-order valence-electron chi connectivity index (χ3n) is 9.44. The molecule has 1 saturated carbocycles. The number of pyridine rings is 3. The number of rotatable bonds is 9. The van der Waals surface area contributed by atoms with Gasteiger partial charge in [-0.25, -0.2) is 4.39 Å². The molecule has 3 aromatic heterocycles. The summed E-state index contributed by atoms with van der Waals surface area (Å²) in [4.78, 5) is 29.6. The number of aliphatic hydroxyl groups is 1. The SMILES string of the molecule is Cc1cc(CN(Cc2cn(C3CC3)c3cc(N4CCO[C@@H](CO)C4)c(F)cc3c2=O)[C@H]2CCCN(c3cccnc3)C2)ccn1. The van der Waals surface area contributed by atoms with Gasteiger partial charge in [-0.05, 0) is 74.6 Å². The first-order valence-electron chi connectivity index (χ1n) is 16.1. The van der Waals surface area contributed by atoms with Crippen LogP contribution in [-0.2, 0) is 17.8 Å². The third-order valence-corrected chi connectivity index (χ3v) is 9.44. The van der Waals surface area contributed by atoms with Crippen molar-refractivity contribution in [1.29, 1.82) is 0 Å². The van der Waals surface area contributed by atoms with E-state index in [1.807, 2.05) is 42.5 Å². The summed E-state index contributed by atoms with van der Waals surface area (Å²) in [5.41, 5.74) is 5.04. The molecule has 0 bridgehead atoms. The van der Waals surface area contributed by atoms with E-state index < -0.39 is 5.82 Å². The Bertz CT molecular complexity index is 1710. The van der Waals surface area contributed by atoms with Crippen LogP contribution in [0.5, 0.6) is 0 Å². The highest BCUT2D eigenvalue weighted by Crippen LogP contribution is 2.38. The first-order valence-corrected chi connectivity index (χ1v) is 16.1. The molecular weight excluding hydrogens is 571 g/mol. The molecule has 0 radical (unpaired) electrons. The molecule has 5 heterocycles. The van der Waals surface area contributed by atoms with Crippen molar-refractivity contribution in [3.63, 3.8) is 0 Å². The average Bonchev–Trinajstić information content (AvgIpc) is 3.92. The Labute approximate surface area is 262 Å². The van der Waals surface area contributed by atoms with Gasteiger partial charge in [-0.3, -0.25) is 19.7 Å². The highest BCUT2D eigenvalue weighted by atomic mass is 19.1. The lowest BCUT2D eigenvalue weighted by atomic mass is 10.0. The van der Waals surface area contributed by atoms with E-state index in [4.69, 9.17) is 4.74 Å². The van der Waals surface area contributed by atoms with Gasteiger partial charge in [0.2, 0.25) is 0 Å². The molecule has 10 heteroatoms. The van der Waals surface area contributed by atoms with Crippen LogP contribution in [0.2, 0.25) is 0 Å². The standard InChI is InChI=1S/C35H41FN6O3/c1-24-14-25(8-10-38-24)18-41(29-5-3-11-39(21-29)28-4-2-9-37-17-28)19-26-20-42(27-6-7-27)33-16-34(32(36)15-31(33)35(26)44)40-12-13-45-30(22-40)23-43/h2,4,8-10,14-17,20,27,29-30,43H,3,5-7,11-13,18-19,21-23H2,1H3/t29-,30+/m0/s1. The molecule has 2 saturated heterocycles. The molecule has 7 rings (SSSR count). The number of benzene rings is 1. The second-order valence-corrected chi connectivity index (χ2v) is 12.7. The molecule has 3 fully saturated rings. The minimum atomic E-state index is -0.416. The Hall–Kier alpha value is -3.86. The summed E-state index contributed by atoms with van der Waals surface area (Å²) in [6.45, 7) is 6.22. The lowest BCUT2D eigenvalue weighted by Gasteiger charge is -2.40. The van der Waals surface area contributed by atoms with Crippen LogP contribution in [0.4, 0.5) is 15.8 Å². The predicted molar refractivity (Wildman–Crippen MR) is 173 cm³/mol. The number of anilines is 2. The van der Waals surface area contributed by atoms with Crippen LogP contribution >= 0.6 is 0 Å². The van der Waals surface area contributed by atoms with Gasteiger partial charge in [-0.15, -0.1) is 0 Å². The highest BCUT2D eigenvalue weighted by molar-refractivity contribution is 5.84. The van der Waals surface area contributed by atoms with Crippen molar-refractivity contribution in [3.05, 3.63) is 94.0 Å². The number of aromatic nitrogens is 3. The number of hydrogen-bond acceptors (Lipinski definition) is 8. The molecule has 45 heavy (non-hydrogen) atoms. The summed E-state index contributed by atoms with van der Waals surface area (Å²) < 4.78 is 23.6. The second-order valence-electron chi connectivity index (χ2n) is 12.7. The van der Waals surface area contributed by atoms with Crippen LogP contribution in [0.15, 0.2) is 66.0 Å². The van der Waals surface area contributed by atoms with Crippen LogP contribution in [0.1, 0.15) is 48.5 Å². The minimum Gasteiger partial charge on any atom is -0.394 e. The summed E-state index contributed by atoms with van der Waals surface area (Å²) in [5, 5.41) is 10.1. The summed E-state index contributed by atoms with van der Waals surface area (Å²) in [6.07, 6.45) is 11.4. The summed E-state index contributed by atoms with van der Waals surface area (Å²) in [6, 6.07) is 12.0. The zero-order valence-electron chi connectivity index (χ0n) is 25.8. The number of ether oxygens (including phenoxy) is 1. The molecule has 236 valence electrons. The normalized spacial score (nSPS) is 20.7. The van der Waals surface area contributed by atoms with Crippen molar-refractivity contribution >= 4 is 22.3 Å². The Balaban J connectivity index is 1.25. The first kappa shape index (κ1) is 29.8. The molecule has 3 aliphatic rings. The quantitative estimate of drug-likeness (QED) is 0.297. The number of fused-ring (bicyclic) bond motifs is 1. The number of aliphatic hydroxyl groups excluding tert-OH is 1. The molecular formula is C35H41FN6O3. The highest BCUT2D eigenvalue weighted by Gasteiger charge is 2.30. The topological polar surface area (TPSA) is 87.0 Å². The number of hydrogen-bond donors (Lipinski definition) is 1. The molecule has 2 aliphatic heterocycles. The molecule has 0 spiro atoms. The van der Waals surface area contributed by atoms with Crippen molar-refractivity contribution in [1.82, 2.24) is 19.4 Å². The number of nitrogens with zero attached hydrogens (tertiary/aromatic N) is 6. The van der Waals surface area contributed by atoms with E-state index in [-0.39, 0.29) is 24.2 Å². The van der Waals surface area contributed by atoms with Gasteiger partial charge in [0.25, 0.3) is 0 Å². The molecule has 9 nitrogen and oxygen atoms in total. The van der Waals surface area contributed by atoms with Gasteiger partial charge in [0.1, 0.15) is 5.82 Å². The lowest BCUT2D eigenvalue weighted by Crippen LogP contribution is -2.48. The monoisotopic (exact) mass is 612 g/mol. The smallest absolute Gasteiger partial charge is 0.193 e. The fourth-order valence-corrected chi connectivity index (χ4v) is 6.97. The van der Waals surface area contributed by atoms with Gasteiger partial charge in [-0.1, -0.05) is 0 Å². The van der Waals surface area contributed by atoms with E-state index in [1.165, 1.54) is 6.07 Å². The number of piperidine rings is 1. The van der Waals surface area contributed by atoms with Gasteiger partial charge in [0, 0.05) is 86.6 Å². The van der Waals surface area contributed by atoms with E-state index in [2.05, 4.69) is 42.5 Å². The van der Waals surface area contributed by atoms with Gasteiger partial charge in [0.05, 0.1) is 42.4 Å². The number of halogens is 1. The third kappa shape index (κ3) is 6.45. The number of morpholine rings is 1. The van der Waals surface area contributed by atoms with Crippen LogP contribution in [0.3, 0.4) is 0 Å². The Morgan fingerprint density at radius 1 is 1.07 bits per heavy atom. The fraction of sp³-hybridized carbons (Fsp3) is 0.457. The van der Waals surface area contributed by atoms with Crippen molar-refractivity contribution in [2.45, 2.75) is 63.9 Å². The summed E-state index contributed by atoms with van der Waals surface area (Å²) >= 11 is 0. The molecule has 1 aromatic carbocycles. The summed E-state index contributed by atoms with van der Waals surface area (Å²) in [7, 11) is 0. The maximum absolute atomic E-state index is 15.8. The fourth-order valence-electron chi connectivity index (χ4n) is 6.97. The van der Waals surface area contributed by atoms with E-state index in [1.54, 1.807) is 6.20 Å². The Morgan fingerprint density at radius 3 is 2.73 bits per heavy atom.